The lowest BCUT2D eigenvalue weighted by Gasteiger charge is -2.16. The molecule has 4 rings (SSSR count). The zero-order valence-electron chi connectivity index (χ0n) is 15.8. The van der Waals surface area contributed by atoms with Crippen molar-refractivity contribution >= 4 is 15.9 Å². The summed E-state index contributed by atoms with van der Waals surface area (Å²) in [5.74, 6) is 1.22. The van der Waals surface area contributed by atoms with E-state index in [0.717, 1.165) is 41.8 Å². The predicted octanol–water partition coefficient (Wildman–Crippen LogP) is 2.75. The fourth-order valence-corrected chi connectivity index (χ4v) is 3.99. The quantitative estimate of drug-likeness (QED) is 0.667. The molecule has 1 aromatic heterocycles. The zero-order chi connectivity index (χ0) is 19.7. The van der Waals surface area contributed by atoms with Gasteiger partial charge in [0.25, 0.3) is 0 Å². The van der Waals surface area contributed by atoms with Gasteiger partial charge in [0, 0.05) is 24.9 Å². The number of benzene rings is 2. The molecule has 1 aliphatic rings. The molecule has 0 bridgehead atoms. The van der Waals surface area contributed by atoms with Gasteiger partial charge in [-0.1, -0.05) is 11.2 Å². The highest BCUT2D eigenvalue weighted by Gasteiger charge is 2.21. The molecule has 0 fully saturated rings. The van der Waals surface area contributed by atoms with Gasteiger partial charge in [-0.2, -0.15) is 0 Å². The molecule has 0 radical (unpaired) electrons. The number of nitrogens with zero attached hydrogens (tertiary/aromatic N) is 3. The Hall–Kier alpha value is -2.87. The summed E-state index contributed by atoms with van der Waals surface area (Å²) < 4.78 is 34.7. The second kappa shape index (κ2) is 7.27. The van der Waals surface area contributed by atoms with E-state index in [4.69, 9.17) is 9.15 Å². The average molecular weight is 399 g/mol. The van der Waals surface area contributed by atoms with Gasteiger partial charge in [-0.05, 0) is 60.4 Å². The van der Waals surface area contributed by atoms with Gasteiger partial charge in [-0.3, -0.25) is 0 Å². The fraction of sp³-hybridized carbons (Fsp3) is 0.300. The van der Waals surface area contributed by atoms with Gasteiger partial charge in [0.15, 0.2) is 9.84 Å². The Labute approximate surface area is 163 Å². The Morgan fingerprint density at radius 1 is 1.00 bits per heavy atom. The molecule has 2 heterocycles. The second-order valence-electron chi connectivity index (χ2n) is 6.81. The van der Waals surface area contributed by atoms with Gasteiger partial charge in [-0.25, -0.2) is 8.42 Å². The molecule has 0 spiro atoms. The summed E-state index contributed by atoms with van der Waals surface area (Å²) in [5, 5.41) is 8.37. The van der Waals surface area contributed by atoms with E-state index in [1.807, 2.05) is 35.2 Å². The Kier molecular flexibility index (Phi) is 4.80. The molecule has 146 valence electrons. The topological polar surface area (TPSA) is 85.5 Å². The number of hydrogen-bond donors (Lipinski definition) is 0. The number of methoxy groups -OCH3 is 1. The van der Waals surface area contributed by atoms with Gasteiger partial charge in [0.2, 0.25) is 5.89 Å². The van der Waals surface area contributed by atoms with Crippen molar-refractivity contribution in [1.82, 2.24) is 10.2 Å². The molecule has 8 heteroatoms. The van der Waals surface area contributed by atoms with Crippen molar-refractivity contribution in [2.45, 2.75) is 17.7 Å². The SMILES string of the molecule is COc1ccc(-c2nnc(N3CCc4ccc(S(C)(=O)=O)cc4CC3)o2)cc1. The minimum absolute atomic E-state index is 0.360. The van der Waals surface area contributed by atoms with E-state index in [2.05, 4.69) is 10.2 Å². The number of sulfone groups is 1. The molecule has 3 aromatic rings. The van der Waals surface area contributed by atoms with Gasteiger partial charge < -0.3 is 14.1 Å². The number of hydrogen-bond acceptors (Lipinski definition) is 7. The summed E-state index contributed by atoms with van der Waals surface area (Å²) in [6, 6.07) is 13.3. The molecule has 1 aliphatic heterocycles. The first kappa shape index (κ1) is 18.5. The lowest BCUT2D eigenvalue weighted by Crippen LogP contribution is -2.26. The van der Waals surface area contributed by atoms with Crippen molar-refractivity contribution in [2.75, 3.05) is 31.4 Å². The van der Waals surface area contributed by atoms with Crippen molar-refractivity contribution < 1.29 is 17.6 Å². The van der Waals surface area contributed by atoms with Crippen LogP contribution in [0.1, 0.15) is 11.1 Å². The minimum Gasteiger partial charge on any atom is -0.497 e. The first-order valence-corrected chi connectivity index (χ1v) is 10.9. The summed E-state index contributed by atoms with van der Waals surface area (Å²) >= 11 is 0. The highest BCUT2D eigenvalue weighted by atomic mass is 32.2. The van der Waals surface area contributed by atoms with Crippen LogP contribution in [-0.4, -0.2) is 45.1 Å². The predicted molar refractivity (Wildman–Crippen MR) is 105 cm³/mol. The largest absolute Gasteiger partial charge is 0.497 e. The Morgan fingerprint density at radius 2 is 1.71 bits per heavy atom. The summed E-state index contributed by atoms with van der Waals surface area (Å²) in [6.07, 6.45) is 2.75. The maximum Gasteiger partial charge on any atom is 0.318 e. The normalized spacial score (nSPS) is 14.4. The molecule has 0 aliphatic carbocycles. The van der Waals surface area contributed by atoms with Crippen LogP contribution in [-0.2, 0) is 22.7 Å². The molecule has 0 amide bonds. The molecule has 2 aromatic carbocycles. The molecule has 0 saturated carbocycles. The number of ether oxygens (including phenoxy) is 1. The van der Waals surface area contributed by atoms with Gasteiger partial charge in [0.05, 0.1) is 12.0 Å². The average Bonchev–Trinajstić information content (AvgIpc) is 3.08. The molecule has 28 heavy (non-hydrogen) atoms. The van der Waals surface area contributed by atoms with Gasteiger partial charge >= 0.3 is 6.01 Å². The fourth-order valence-electron chi connectivity index (χ4n) is 3.32. The third kappa shape index (κ3) is 3.73. The van der Waals surface area contributed by atoms with Crippen LogP contribution in [0.3, 0.4) is 0 Å². The van der Waals surface area contributed by atoms with E-state index in [1.54, 1.807) is 19.2 Å². The third-order valence-corrected chi connectivity index (χ3v) is 6.04. The van der Waals surface area contributed by atoms with Crippen LogP contribution in [0.15, 0.2) is 51.8 Å². The monoisotopic (exact) mass is 399 g/mol. The summed E-state index contributed by atoms with van der Waals surface area (Å²) in [6.45, 7) is 1.42. The number of fused-ring (bicyclic) bond motifs is 1. The Bertz CT molecular complexity index is 1090. The van der Waals surface area contributed by atoms with E-state index in [1.165, 1.54) is 6.26 Å². The first-order valence-electron chi connectivity index (χ1n) is 8.99. The van der Waals surface area contributed by atoms with Gasteiger partial charge in [0.1, 0.15) is 5.75 Å². The van der Waals surface area contributed by atoms with Crippen LogP contribution >= 0.6 is 0 Å². The highest BCUT2D eigenvalue weighted by molar-refractivity contribution is 7.90. The van der Waals surface area contributed by atoms with Crippen molar-refractivity contribution in [3.8, 4) is 17.2 Å². The third-order valence-electron chi connectivity index (χ3n) is 4.93. The Balaban J connectivity index is 1.53. The van der Waals surface area contributed by atoms with Crippen LogP contribution in [0.25, 0.3) is 11.5 Å². The molecular formula is C20H21N3O4S. The van der Waals surface area contributed by atoms with E-state index in [-0.39, 0.29) is 0 Å². The zero-order valence-corrected chi connectivity index (χ0v) is 16.6. The molecule has 0 N–H and O–H groups in total. The van der Waals surface area contributed by atoms with E-state index >= 15 is 0 Å². The minimum atomic E-state index is -3.21. The van der Waals surface area contributed by atoms with Crippen LogP contribution < -0.4 is 9.64 Å². The maximum atomic E-state index is 11.8. The molecule has 0 atom stereocenters. The van der Waals surface area contributed by atoms with Crippen LogP contribution in [0.2, 0.25) is 0 Å². The van der Waals surface area contributed by atoms with Crippen molar-refractivity contribution in [3.63, 3.8) is 0 Å². The van der Waals surface area contributed by atoms with E-state index in [9.17, 15) is 8.42 Å². The van der Waals surface area contributed by atoms with Crippen molar-refractivity contribution in [2.24, 2.45) is 0 Å². The summed E-state index contributed by atoms with van der Waals surface area (Å²) in [4.78, 5) is 2.40. The second-order valence-corrected chi connectivity index (χ2v) is 8.82. The van der Waals surface area contributed by atoms with Crippen molar-refractivity contribution in [3.05, 3.63) is 53.6 Å². The highest BCUT2D eigenvalue weighted by Crippen LogP contribution is 2.26. The molecular weight excluding hydrogens is 378 g/mol. The first-order chi connectivity index (χ1) is 13.4. The van der Waals surface area contributed by atoms with Crippen LogP contribution in [0, 0.1) is 0 Å². The number of rotatable bonds is 4. The molecule has 0 unspecified atom stereocenters. The molecule has 7 nitrogen and oxygen atoms in total. The number of aromatic nitrogens is 2. The molecule has 0 saturated heterocycles. The smallest absolute Gasteiger partial charge is 0.318 e. The standard InChI is InChI=1S/C20H21N3O4S/c1-26-17-6-3-15(4-7-17)19-21-22-20(27-19)23-11-9-14-5-8-18(28(2,24)25)13-16(14)10-12-23/h3-8,13H,9-12H2,1-2H3. The maximum absolute atomic E-state index is 11.8. The lowest BCUT2D eigenvalue weighted by molar-refractivity contribution is 0.415. The lowest BCUT2D eigenvalue weighted by atomic mass is 10.0. The van der Waals surface area contributed by atoms with E-state index in [0.29, 0.717) is 23.3 Å². The van der Waals surface area contributed by atoms with E-state index < -0.39 is 9.84 Å². The summed E-state index contributed by atoms with van der Waals surface area (Å²) in [5.41, 5.74) is 3.04. The Morgan fingerprint density at radius 3 is 2.39 bits per heavy atom. The van der Waals surface area contributed by atoms with Crippen molar-refractivity contribution in [1.29, 1.82) is 0 Å². The number of anilines is 1. The van der Waals surface area contributed by atoms with Crippen LogP contribution in [0.4, 0.5) is 6.01 Å². The summed E-state index contributed by atoms with van der Waals surface area (Å²) in [7, 11) is -1.59. The van der Waals surface area contributed by atoms with Gasteiger partial charge in [-0.15, -0.1) is 5.10 Å². The van der Waals surface area contributed by atoms with Crippen LogP contribution in [0.5, 0.6) is 5.75 Å².